The van der Waals surface area contributed by atoms with Crippen LogP contribution in [0.25, 0.3) is 0 Å². The lowest BCUT2D eigenvalue weighted by Gasteiger charge is -2.30. The van der Waals surface area contributed by atoms with Gasteiger partial charge < -0.3 is 20.1 Å². The van der Waals surface area contributed by atoms with Crippen LogP contribution in [-0.2, 0) is 4.79 Å². The van der Waals surface area contributed by atoms with E-state index in [1.807, 2.05) is 55.6 Å². The number of aromatic nitrogens is 2. The standard InChI is InChI=1S/C27H31N5OS/c1-19-8-6-9-20(18-19)29-24(33)14-17-32-26(23-13-7-16-31(23)21-10-2-3-11-21)25(30-27(32)34)22-12-4-5-15-28-22/h4-9,12-13,15-16,18,21,25-26H,2-3,10-11,14,17H2,1H3,(H,29,33)(H,30,34). The van der Waals surface area contributed by atoms with Crippen molar-refractivity contribution in [3.05, 3.63) is 83.9 Å². The Labute approximate surface area is 206 Å². The number of carbonyl (C=O) groups excluding carboxylic acids is 1. The van der Waals surface area contributed by atoms with E-state index in [0.717, 1.165) is 16.9 Å². The highest BCUT2D eigenvalue weighted by Gasteiger charge is 2.41. The normalized spacial score (nSPS) is 20.5. The summed E-state index contributed by atoms with van der Waals surface area (Å²) in [5.41, 5.74) is 4.13. The summed E-state index contributed by atoms with van der Waals surface area (Å²) in [6.07, 6.45) is 9.34. The van der Waals surface area contributed by atoms with Crippen molar-refractivity contribution in [1.29, 1.82) is 0 Å². The van der Waals surface area contributed by atoms with E-state index in [9.17, 15) is 4.79 Å². The van der Waals surface area contributed by atoms with Crippen molar-refractivity contribution in [2.24, 2.45) is 0 Å². The lowest BCUT2D eigenvalue weighted by Crippen LogP contribution is -2.33. The zero-order valence-electron chi connectivity index (χ0n) is 19.5. The predicted octanol–water partition coefficient (Wildman–Crippen LogP) is 5.31. The van der Waals surface area contributed by atoms with E-state index < -0.39 is 0 Å². The van der Waals surface area contributed by atoms with Crippen molar-refractivity contribution in [3.8, 4) is 0 Å². The van der Waals surface area contributed by atoms with Crippen molar-refractivity contribution in [1.82, 2.24) is 19.8 Å². The van der Waals surface area contributed by atoms with Gasteiger partial charge >= 0.3 is 0 Å². The van der Waals surface area contributed by atoms with E-state index in [-0.39, 0.29) is 18.0 Å². The molecule has 2 atom stereocenters. The van der Waals surface area contributed by atoms with Gasteiger partial charge in [0, 0.05) is 42.8 Å². The molecular formula is C27H31N5OS. The fourth-order valence-corrected chi connectivity index (χ4v) is 5.64. The fourth-order valence-electron chi connectivity index (χ4n) is 5.31. The van der Waals surface area contributed by atoms with Crippen molar-refractivity contribution in [2.75, 3.05) is 11.9 Å². The number of hydrogen-bond acceptors (Lipinski definition) is 3. The highest BCUT2D eigenvalue weighted by atomic mass is 32.1. The Kier molecular flexibility index (Phi) is 6.63. The van der Waals surface area contributed by atoms with Crippen molar-refractivity contribution in [3.63, 3.8) is 0 Å². The van der Waals surface area contributed by atoms with Gasteiger partial charge in [-0.25, -0.2) is 0 Å². The molecule has 7 heteroatoms. The summed E-state index contributed by atoms with van der Waals surface area (Å²) in [7, 11) is 0. The Morgan fingerprint density at radius 2 is 2.00 bits per heavy atom. The van der Waals surface area contributed by atoms with Gasteiger partial charge in [-0.1, -0.05) is 31.0 Å². The summed E-state index contributed by atoms with van der Waals surface area (Å²) in [4.78, 5) is 19.6. The molecule has 5 rings (SSSR count). The van der Waals surface area contributed by atoms with E-state index in [0.29, 0.717) is 24.1 Å². The summed E-state index contributed by atoms with van der Waals surface area (Å²) in [6, 6.07) is 18.6. The number of hydrogen-bond donors (Lipinski definition) is 2. The third kappa shape index (κ3) is 4.71. The van der Waals surface area contributed by atoms with Crippen molar-refractivity contribution in [2.45, 2.75) is 57.2 Å². The average Bonchev–Trinajstić information content (AvgIpc) is 3.58. The first-order valence-electron chi connectivity index (χ1n) is 12.1. The fraction of sp³-hybridized carbons (Fsp3) is 0.370. The number of benzene rings is 1. The maximum Gasteiger partial charge on any atom is 0.226 e. The monoisotopic (exact) mass is 473 g/mol. The van der Waals surface area contributed by atoms with Gasteiger partial charge in [-0.15, -0.1) is 0 Å². The van der Waals surface area contributed by atoms with E-state index in [4.69, 9.17) is 12.2 Å². The van der Waals surface area contributed by atoms with E-state index in [1.165, 1.54) is 31.4 Å². The molecule has 0 bridgehead atoms. The van der Waals surface area contributed by atoms with Gasteiger partial charge in [0.05, 0.1) is 17.8 Å². The topological polar surface area (TPSA) is 62.2 Å². The molecule has 1 amide bonds. The minimum Gasteiger partial charge on any atom is -0.352 e. The molecule has 2 N–H and O–H groups in total. The molecule has 176 valence electrons. The Balaban J connectivity index is 1.39. The lowest BCUT2D eigenvalue weighted by atomic mass is 10.0. The molecule has 3 aromatic rings. The number of rotatable bonds is 7. The number of carbonyl (C=O) groups is 1. The summed E-state index contributed by atoms with van der Waals surface area (Å²) in [5, 5.41) is 7.20. The molecule has 1 saturated heterocycles. The molecule has 1 aliphatic heterocycles. The smallest absolute Gasteiger partial charge is 0.226 e. The first kappa shape index (κ1) is 22.6. The first-order chi connectivity index (χ1) is 16.6. The van der Waals surface area contributed by atoms with Crippen LogP contribution in [0.15, 0.2) is 67.0 Å². The van der Waals surface area contributed by atoms with Crippen LogP contribution < -0.4 is 10.6 Å². The quantitative estimate of drug-likeness (QED) is 0.456. The van der Waals surface area contributed by atoms with Crippen LogP contribution in [-0.4, -0.2) is 32.0 Å². The van der Waals surface area contributed by atoms with Crippen molar-refractivity contribution < 1.29 is 4.79 Å². The largest absolute Gasteiger partial charge is 0.352 e. The third-order valence-corrected chi connectivity index (χ3v) is 7.26. The predicted molar refractivity (Wildman–Crippen MR) is 139 cm³/mol. The van der Waals surface area contributed by atoms with Gasteiger partial charge in [0.25, 0.3) is 0 Å². The highest BCUT2D eigenvalue weighted by Crippen LogP contribution is 2.41. The second kappa shape index (κ2) is 9.97. The molecule has 1 saturated carbocycles. The van der Waals surface area contributed by atoms with Crippen LogP contribution in [0, 0.1) is 6.92 Å². The Bertz CT molecular complexity index is 1150. The second-order valence-corrected chi connectivity index (χ2v) is 9.65. The zero-order chi connectivity index (χ0) is 23.5. The first-order valence-corrected chi connectivity index (χ1v) is 12.5. The van der Waals surface area contributed by atoms with E-state index >= 15 is 0 Å². The van der Waals surface area contributed by atoms with Crippen molar-refractivity contribution >= 4 is 28.9 Å². The van der Waals surface area contributed by atoms with Gasteiger partial charge in [-0.2, -0.15) is 0 Å². The number of aryl methyl sites for hydroxylation is 1. The molecular weight excluding hydrogens is 442 g/mol. The number of thiocarbonyl (C=S) groups is 1. The molecule has 1 aliphatic carbocycles. The Morgan fingerprint density at radius 3 is 2.76 bits per heavy atom. The molecule has 3 heterocycles. The van der Waals surface area contributed by atoms with E-state index in [1.54, 1.807) is 0 Å². The SMILES string of the molecule is Cc1cccc(NC(=O)CCN2C(=S)NC(c3ccccn3)C2c2cccn2C2CCCC2)c1. The molecule has 2 fully saturated rings. The minimum absolute atomic E-state index is 0.0142. The van der Waals surface area contributed by atoms with Crippen LogP contribution >= 0.6 is 12.2 Å². The maximum absolute atomic E-state index is 12.8. The highest BCUT2D eigenvalue weighted by molar-refractivity contribution is 7.80. The summed E-state index contributed by atoms with van der Waals surface area (Å²) < 4.78 is 2.43. The molecule has 0 radical (unpaired) electrons. The second-order valence-electron chi connectivity index (χ2n) is 9.27. The molecule has 1 aromatic carbocycles. The number of nitrogens with zero attached hydrogens (tertiary/aromatic N) is 3. The zero-order valence-corrected chi connectivity index (χ0v) is 20.3. The third-order valence-electron chi connectivity index (χ3n) is 6.91. The summed E-state index contributed by atoms with van der Waals surface area (Å²) in [5.74, 6) is -0.0142. The van der Waals surface area contributed by atoms with Gasteiger partial charge in [0.1, 0.15) is 0 Å². The van der Waals surface area contributed by atoms with Gasteiger partial charge in [0.15, 0.2) is 5.11 Å². The molecule has 0 spiro atoms. The molecule has 2 aliphatic rings. The molecule has 34 heavy (non-hydrogen) atoms. The minimum atomic E-state index is -0.0661. The number of pyridine rings is 1. The number of anilines is 1. The van der Waals surface area contributed by atoms with Gasteiger partial charge in [0.2, 0.25) is 5.91 Å². The Morgan fingerprint density at radius 1 is 1.15 bits per heavy atom. The maximum atomic E-state index is 12.8. The number of nitrogens with one attached hydrogen (secondary N) is 2. The summed E-state index contributed by atoms with van der Waals surface area (Å²) >= 11 is 5.79. The lowest BCUT2D eigenvalue weighted by molar-refractivity contribution is -0.116. The molecule has 6 nitrogen and oxygen atoms in total. The van der Waals surface area contributed by atoms with Crippen LogP contribution in [0.1, 0.15) is 67.2 Å². The van der Waals surface area contributed by atoms with Crippen LogP contribution in [0.3, 0.4) is 0 Å². The van der Waals surface area contributed by atoms with Crippen LogP contribution in [0.4, 0.5) is 5.69 Å². The average molecular weight is 474 g/mol. The van der Waals surface area contributed by atoms with Gasteiger partial charge in [-0.05, 0) is 73.9 Å². The van der Waals surface area contributed by atoms with Crippen LogP contribution in [0.2, 0.25) is 0 Å². The molecule has 2 unspecified atom stereocenters. The van der Waals surface area contributed by atoms with Gasteiger partial charge in [-0.3, -0.25) is 9.78 Å². The van der Waals surface area contributed by atoms with Crippen LogP contribution in [0.5, 0.6) is 0 Å². The number of amides is 1. The Hall–Kier alpha value is -3.19. The molecule has 2 aromatic heterocycles. The van der Waals surface area contributed by atoms with E-state index in [2.05, 4.69) is 43.4 Å². The summed E-state index contributed by atoms with van der Waals surface area (Å²) in [6.45, 7) is 2.55.